The maximum absolute atomic E-state index is 12.8. The molecule has 0 spiro atoms. The molecule has 3 rings (SSSR count). The molecule has 0 atom stereocenters. The predicted molar refractivity (Wildman–Crippen MR) is 85.6 cm³/mol. The van der Waals surface area contributed by atoms with Gasteiger partial charge in [-0.15, -0.1) is 0 Å². The molecular weight excluding hydrogens is 341 g/mol. The van der Waals surface area contributed by atoms with Crippen molar-refractivity contribution >= 4 is 11.6 Å². The lowest BCUT2D eigenvalue weighted by molar-refractivity contribution is -0.182. The molecule has 0 N–H and O–H groups in total. The molecule has 128 valence electrons. The Balaban J connectivity index is 1.91. The molecule has 1 fully saturated rings. The summed E-state index contributed by atoms with van der Waals surface area (Å²) >= 11 is 5.88. The molecular formula is C17H16ClF3N2O. The van der Waals surface area contributed by atoms with Crippen LogP contribution in [0.4, 0.5) is 13.2 Å². The first-order chi connectivity index (χ1) is 11.4. The zero-order valence-corrected chi connectivity index (χ0v) is 13.5. The number of aromatic nitrogens is 2. The molecule has 0 radical (unpaired) electrons. The average molecular weight is 357 g/mol. The van der Waals surface area contributed by atoms with Gasteiger partial charge in [0.05, 0.1) is 11.6 Å². The number of alkyl halides is 3. The number of benzene rings is 1. The molecule has 0 unspecified atom stereocenters. The van der Waals surface area contributed by atoms with Crippen molar-refractivity contribution in [3.8, 4) is 5.69 Å². The van der Waals surface area contributed by atoms with Crippen molar-refractivity contribution in [2.75, 3.05) is 0 Å². The van der Waals surface area contributed by atoms with Crippen molar-refractivity contribution in [3.05, 3.63) is 57.7 Å². The van der Waals surface area contributed by atoms with Crippen LogP contribution in [0.1, 0.15) is 37.4 Å². The van der Waals surface area contributed by atoms with E-state index in [1.165, 1.54) is 16.8 Å². The summed E-state index contributed by atoms with van der Waals surface area (Å²) < 4.78 is 40.0. The standard InChI is InChI=1S/C17H16ClF3N2O/c18-13-5-7-14(8-6-13)23-15(24)9-10-22-16(23)11-1-3-12(4-2-11)17(19,20)21/h5-12H,1-4H2. The van der Waals surface area contributed by atoms with Crippen LogP contribution in [0.2, 0.25) is 5.02 Å². The summed E-state index contributed by atoms with van der Waals surface area (Å²) in [6, 6.07) is 8.09. The highest BCUT2D eigenvalue weighted by molar-refractivity contribution is 6.30. The Morgan fingerprint density at radius 3 is 2.25 bits per heavy atom. The van der Waals surface area contributed by atoms with Gasteiger partial charge in [0.25, 0.3) is 5.56 Å². The number of nitrogens with zero attached hydrogens (tertiary/aromatic N) is 2. The molecule has 7 heteroatoms. The molecule has 1 aliphatic carbocycles. The van der Waals surface area contributed by atoms with Gasteiger partial charge in [-0.3, -0.25) is 9.36 Å². The zero-order chi connectivity index (χ0) is 17.3. The molecule has 1 saturated carbocycles. The Morgan fingerprint density at radius 2 is 1.67 bits per heavy atom. The predicted octanol–water partition coefficient (Wildman–Crippen LogP) is 4.72. The molecule has 24 heavy (non-hydrogen) atoms. The van der Waals surface area contributed by atoms with Crippen LogP contribution < -0.4 is 5.56 Å². The summed E-state index contributed by atoms with van der Waals surface area (Å²) in [5.41, 5.74) is 0.366. The van der Waals surface area contributed by atoms with Crippen molar-refractivity contribution in [2.45, 2.75) is 37.8 Å². The lowest BCUT2D eigenvalue weighted by atomic mass is 9.81. The Labute approximate surface area is 142 Å². The van der Waals surface area contributed by atoms with Crippen molar-refractivity contribution < 1.29 is 13.2 Å². The fraction of sp³-hybridized carbons (Fsp3) is 0.412. The van der Waals surface area contributed by atoms with Crippen molar-refractivity contribution in [2.24, 2.45) is 5.92 Å². The van der Waals surface area contributed by atoms with E-state index in [-0.39, 0.29) is 24.3 Å². The minimum Gasteiger partial charge on any atom is -0.269 e. The highest BCUT2D eigenvalue weighted by Crippen LogP contribution is 2.42. The van der Waals surface area contributed by atoms with Crippen LogP contribution in [0, 0.1) is 5.92 Å². The summed E-state index contributed by atoms with van der Waals surface area (Å²) in [6.07, 6.45) is -1.85. The van der Waals surface area contributed by atoms with Gasteiger partial charge in [0, 0.05) is 23.2 Å². The third kappa shape index (κ3) is 3.48. The van der Waals surface area contributed by atoms with Crippen LogP contribution >= 0.6 is 11.6 Å². The zero-order valence-electron chi connectivity index (χ0n) is 12.8. The van der Waals surface area contributed by atoms with Gasteiger partial charge in [-0.25, -0.2) is 4.98 Å². The molecule has 1 aromatic carbocycles. The monoisotopic (exact) mass is 356 g/mol. The topological polar surface area (TPSA) is 34.9 Å². The van der Waals surface area contributed by atoms with Gasteiger partial charge in [-0.05, 0) is 49.9 Å². The average Bonchev–Trinajstić information content (AvgIpc) is 2.55. The number of rotatable bonds is 2. The molecule has 2 aromatic rings. The molecule has 0 bridgehead atoms. The third-order valence-corrected chi connectivity index (χ3v) is 4.77. The van der Waals surface area contributed by atoms with Crippen LogP contribution in [0.15, 0.2) is 41.3 Å². The Kier molecular flexibility index (Phi) is 4.67. The first kappa shape index (κ1) is 17.0. The second-order valence-electron chi connectivity index (χ2n) is 6.04. The van der Waals surface area contributed by atoms with Gasteiger partial charge in [-0.1, -0.05) is 11.6 Å². The van der Waals surface area contributed by atoms with Gasteiger partial charge in [0.2, 0.25) is 0 Å². The number of halogens is 4. The largest absolute Gasteiger partial charge is 0.391 e. The lowest BCUT2D eigenvalue weighted by Crippen LogP contribution is -2.30. The Hall–Kier alpha value is -1.82. The van der Waals surface area contributed by atoms with E-state index in [1.54, 1.807) is 24.3 Å². The SMILES string of the molecule is O=c1ccnc(C2CCC(C(F)(F)F)CC2)n1-c1ccc(Cl)cc1. The highest BCUT2D eigenvalue weighted by Gasteiger charge is 2.42. The molecule has 3 nitrogen and oxygen atoms in total. The third-order valence-electron chi connectivity index (χ3n) is 4.51. The van der Waals surface area contributed by atoms with Gasteiger partial charge in [0.1, 0.15) is 5.82 Å². The van der Waals surface area contributed by atoms with E-state index in [4.69, 9.17) is 11.6 Å². The summed E-state index contributed by atoms with van der Waals surface area (Å²) in [7, 11) is 0. The van der Waals surface area contributed by atoms with Gasteiger partial charge in [0.15, 0.2) is 0 Å². The van der Waals surface area contributed by atoms with E-state index in [9.17, 15) is 18.0 Å². The van der Waals surface area contributed by atoms with Gasteiger partial charge >= 0.3 is 6.18 Å². The first-order valence-corrected chi connectivity index (χ1v) is 8.14. The van der Waals surface area contributed by atoms with E-state index < -0.39 is 12.1 Å². The molecule has 1 heterocycles. The number of hydrogen-bond acceptors (Lipinski definition) is 2. The van der Waals surface area contributed by atoms with E-state index in [0.717, 1.165) is 0 Å². The van der Waals surface area contributed by atoms with E-state index in [2.05, 4.69) is 4.98 Å². The van der Waals surface area contributed by atoms with E-state index in [1.807, 2.05) is 0 Å². The second-order valence-corrected chi connectivity index (χ2v) is 6.48. The van der Waals surface area contributed by atoms with Gasteiger partial charge < -0.3 is 0 Å². The summed E-state index contributed by atoms with van der Waals surface area (Å²) in [4.78, 5) is 16.6. The fourth-order valence-electron chi connectivity index (χ4n) is 3.24. The van der Waals surface area contributed by atoms with Crippen molar-refractivity contribution in [1.29, 1.82) is 0 Å². The summed E-state index contributed by atoms with van der Waals surface area (Å²) in [6.45, 7) is 0. The van der Waals surface area contributed by atoms with Gasteiger partial charge in [-0.2, -0.15) is 13.2 Å². The maximum atomic E-state index is 12.8. The smallest absolute Gasteiger partial charge is 0.269 e. The minimum atomic E-state index is -4.15. The van der Waals surface area contributed by atoms with E-state index in [0.29, 0.717) is 29.4 Å². The Bertz CT molecular complexity index is 763. The Morgan fingerprint density at radius 1 is 1.04 bits per heavy atom. The maximum Gasteiger partial charge on any atom is 0.391 e. The summed E-state index contributed by atoms with van der Waals surface area (Å²) in [5, 5.41) is 0.544. The molecule has 1 aromatic heterocycles. The van der Waals surface area contributed by atoms with Crippen LogP contribution in [-0.2, 0) is 0 Å². The molecule has 1 aliphatic rings. The van der Waals surface area contributed by atoms with Crippen molar-refractivity contribution in [3.63, 3.8) is 0 Å². The molecule has 0 amide bonds. The van der Waals surface area contributed by atoms with Crippen LogP contribution in [0.25, 0.3) is 5.69 Å². The minimum absolute atomic E-state index is 0.0690. The van der Waals surface area contributed by atoms with Crippen LogP contribution in [0.3, 0.4) is 0 Å². The fourth-order valence-corrected chi connectivity index (χ4v) is 3.37. The van der Waals surface area contributed by atoms with Crippen molar-refractivity contribution in [1.82, 2.24) is 9.55 Å². The molecule has 0 aliphatic heterocycles. The quantitative estimate of drug-likeness (QED) is 0.780. The first-order valence-electron chi connectivity index (χ1n) is 7.77. The normalized spacial score (nSPS) is 21.7. The number of hydrogen-bond donors (Lipinski definition) is 0. The van der Waals surface area contributed by atoms with E-state index >= 15 is 0 Å². The van der Waals surface area contributed by atoms with Crippen LogP contribution in [-0.4, -0.2) is 15.7 Å². The summed E-state index contributed by atoms with van der Waals surface area (Å²) in [5.74, 6) is -0.896. The second kappa shape index (κ2) is 6.59. The van der Waals surface area contributed by atoms with Crippen LogP contribution in [0.5, 0.6) is 0 Å². The highest BCUT2D eigenvalue weighted by atomic mass is 35.5. The molecule has 0 saturated heterocycles. The lowest BCUT2D eigenvalue weighted by Gasteiger charge is -2.30.